The van der Waals surface area contributed by atoms with E-state index in [0.29, 0.717) is 6.04 Å². The number of fused-ring (bicyclic) bond motifs is 1. The highest BCUT2D eigenvalue weighted by molar-refractivity contribution is 7.18. The lowest BCUT2D eigenvalue weighted by Gasteiger charge is -2.20. The first-order valence-corrected chi connectivity index (χ1v) is 6.85. The predicted octanol–water partition coefficient (Wildman–Crippen LogP) is 2.55. The van der Waals surface area contributed by atoms with Gasteiger partial charge >= 0.3 is 0 Å². The van der Waals surface area contributed by atoms with Crippen LogP contribution in [0.5, 0.6) is 0 Å². The smallest absolute Gasteiger partial charge is 0.0907 e. The van der Waals surface area contributed by atoms with E-state index in [1.807, 2.05) is 19.1 Å². The summed E-state index contributed by atoms with van der Waals surface area (Å²) in [7, 11) is 4.13. The summed E-state index contributed by atoms with van der Waals surface area (Å²) < 4.78 is 1.15. The van der Waals surface area contributed by atoms with E-state index in [1.165, 1.54) is 0 Å². The highest BCUT2D eigenvalue weighted by Gasteiger charge is 2.09. The Kier molecular flexibility index (Phi) is 3.73. The third-order valence-electron chi connectivity index (χ3n) is 2.71. The molecule has 0 bridgehead atoms. The maximum Gasteiger partial charge on any atom is 0.0907 e. The van der Waals surface area contributed by atoms with Crippen LogP contribution in [0, 0.1) is 6.92 Å². The van der Waals surface area contributed by atoms with Crippen molar-refractivity contribution in [2.45, 2.75) is 19.9 Å². The van der Waals surface area contributed by atoms with Crippen LogP contribution in [0.3, 0.4) is 0 Å². The molecule has 0 aliphatic carbocycles. The molecule has 18 heavy (non-hydrogen) atoms. The molecule has 2 rings (SSSR count). The fourth-order valence-corrected chi connectivity index (χ4v) is 2.95. The number of likely N-dealkylation sites (N-methyl/N-ethyl adjacent to an activating group) is 1. The van der Waals surface area contributed by atoms with Crippen LogP contribution in [0.2, 0.25) is 0 Å². The number of benzene rings is 1. The van der Waals surface area contributed by atoms with Crippen molar-refractivity contribution in [3.63, 3.8) is 0 Å². The minimum Gasteiger partial charge on any atom is -0.397 e. The maximum absolute atomic E-state index is 6.08. The van der Waals surface area contributed by atoms with Crippen LogP contribution >= 0.6 is 11.3 Å². The van der Waals surface area contributed by atoms with Gasteiger partial charge in [0.05, 0.1) is 26.6 Å². The SMILES string of the molecule is Cc1nc2cc(NC(C)CN(C)C)c(N)cc2s1. The summed E-state index contributed by atoms with van der Waals surface area (Å²) in [5, 5.41) is 4.51. The van der Waals surface area contributed by atoms with Crippen LogP contribution in [0.15, 0.2) is 12.1 Å². The molecule has 4 nitrogen and oxygen atoms in total. The number of hydrogen-bond donors (Lipinski definition) is 2. The largest absolute Gasteiger partial charge is 0.397 e. The molecule has 3 N–H and O–H groups in total. The maximum atomic E-state index is 6.08. The number of hydrogen-bond acceptors (Lipinski definition) is 5. The van der Waals surface area contributed by atoms with Gasteiger partial charge in [0.1, 0.15) is 0 Å². The molecule has 2 aromatic rings. The van der Waals surface area contributed by atoms with Gasteiger partial charge in [-0.05, 0) is 40.1 Å². The van der Waals surface area contributed by atoms with E-state index in [-0.39, 0.29) is 0 Å². The molecule has 1 aromatic heterocycles. The quantitative estimate of drug-likeness (QED) is 0.833. The standard InChI is InChI=1S/C13H20N4S/c1-8(7-17(3)4)15-11-6-12-13(5-10(11)14)18-9(2)16-12/h5-6,8,15H,7,14H2,1-4H3. The Morgan fingerprint density at radius 3 is 2.83 bits per heavy atom. The molecule has 98 valence electrons. The molecule has 0 spiro atoms. The second kappa shape index (κ2) is 5.12. The summed E-state index contributed by atoms with van der Waals surface area (Å²) in [6.45, 7) is 5.13. The summed E-state index contributed by atoms with van der Waals surface area (Å²) in [5.74, 6) is 0. The van der Waals surface area contributed by atoms with Gasteiger partial charge in [-0.25, -0.2) is 4.98 Å². The van der Waals surface area contributed by atoms with Crippen LogP contribution in [0.4, 0.5) is 11.4 Å². The van der Waals surface area contributed by atoms with Crippen molar-refractivity contribution in [2.75, 3.05) is 31.7 Å². The Morgan fingerprint density at radius 2 is 2.17 bits per heavy atom. The summed E-state index contributed by atoms with van der Waals surface area (Å²) >= 11 is 1.68. The second-order valence-corrected chi connectivity index (χ2v) is 6.18. The summed E-state index contributed by atoms with van der Waals surface area (Å²) in [4.78, 5) is 6.65. The number of nitrogens with zero attached hydrogens (tertiary/aromatic N) is 2. The van der Waals surface area contributed by atoms with Gasteiger partial charge in [-0.15, -0.1) is 11.3 Å². The molecule has 0 saturated carbocycles. The number of thiazole rings is 1. The fraction of sp³-hybridized carbons (Fsp3) is 0.462. The topological polar surface area (TPSA) is 54.2 Å². The van der Waals surface area contributed by atoms with E-state index >= 15 is 0 Å². The highest BCUT2D eigenvalue weighted by Crippen LogP contribution is 2.30. The third-order valence-corrected chi connectivity index (χ3v) is 3.64. The summed E-state index contributed by atoms with van der Waals surface area (Å²) in [5.41, 5.74) is 8.86. The molecule has 5 heteroatoms. The average Bonchev–Trinajstić information content (AvgIpc) is 2.56. The highest BCUT2D eigenvalue weighted by atomic mass is 32.1. The lowest BCUT2D eigenvalue weighted by molar-refractivity contribution is 0.392. The number of nitrogens with one attached hydrogen (secondary N) is 1. The van der Waals surface area contributed by atoms with E-state index in [1.54, 1.807) is 11.3 Å². The van der Waals surface area contributed by atoms with Crippen LogP contribution < -0.4 is 11.1 Å². The Morgan fingerprint density at radius 1 is 1.44 bits per heavy atom. The molecule has 1 aromatic carbocycles. The second-order valence-electron chi connectivity index (χ2n) is 4.95. The Labute approximate surface area is 112 Å². The molecular weight excluding hydrogens is 244 g/mol. The zero-order chi connectivity index (χ0) is 13.3. The van der Waals surface area contributed by atoms with Crippen LogP contribution in [0.1, 0.15) is 11.9 Å². The van der Waals surface area contributed by atoms with Gasteiger partial charge in [0.25, 0.3) is 0 Å². The molecule has 1 atom stereocenters. The molecular formula is C13H20N4S. The van der Waals surface area contributed by atoms with E-state index < -0.39 is 0 Å². The monoisotopic (exact) mass is 264 g/mol. The van der Waals surface area contributed by atoms with Crippen molar-refractivity contribution >= 4 is 32.9 Å². The van der Waals surface area contributed by atoms with E-state index in [0.717, 1.165) is 33.1 Å². The van der Waals surface area contributed by atoms with Crippen molar-refractivity contribution in [3.05, 3.63) is 17.1 Å². The zero-order valence-electron chi connectivity index (χ0n) is 11.3. The molecule has 0 amide bonds. The lowest BCUT2D eigenvalue weighted by Crippen LogP contribution is -2.29. The Bertz CT molecular complexity index is 547. The van der Waals surface area contributed by atoms with Gasteiger partial charge in [0.15, 0.2) is 0 Å². The predicted molar refractivity (Wildman–Crippen MR) is 80.4 cm³/mol. The van der Waals surface area contributed by atoms with Crippen molar-refractivity contribution in [1.29, 1.82) is 0 Å². The van der Waals surface area contributed by atoms with E-state index in [4.69, 9.17) is 5.73 Å². The van der Waals surface area contributed by atoms with Crippen molar-refractivity contribution in [2.24, 2.45) is 0 Å². The molecule has 0 radical (unpaired) electrons. The number of nitrogen functional groups attached to an aromatic ring is 1. The molecule has 1 unspecified atom stereocenters. The number of nitrogens with two attached hydrogens (primary N) is 1. The third kappa shape index (κ3) is 2.91. The number of anilines is 2. The first-order valence-electron chi connectivity index (χ1n) is 6.03. The van der Waals surface area contributed by atoms with Gasteiger partial charge in [-0.1, -0.05) is 0 Å². The van der Waals surface area contributed by atoms with E-state index in [9.17, 15) is 0 Å². The van der Waals surface area contributed by atoms with Crippen molar-refractivity contribution < 1.29 is 0 Å². The minimum absolute atomic E-state index is 0.347. The van der Waals surface area contributed by atoms with Crippen molar-refractivity contribution in [1.82, 2.24) is 9.88 Å². The summed E-state index contributed by atoms with van der Waals surface area (Å²) in [6.07, 6.45) is 0. The lowest BCUT2D eigenvalue weighted by atomic mass is 10.2. The molecule has 0 aliphatic rings. The zero-order valence-corrected chi connectivity index (χ0v) is 12.1. The Balaban J connectivity index is 2.24. The van der Waals surface area contributed by atoms with Crippen LogP contribution in [-0.4, -0.2) is 36.6 Å². The van der Waals surface area contributed by atoms with Gasteiger partial charge in [-0.2, -0.15) is 0 Å². The molecule has 0 aliphatic heterocycles. The fourth-order valence-electron chi connectivity index (χ4n) is 2.09. The molecule has 0 fully saturated rings. The first-order chi connectivity index (χ1) is 8.45. The summed E-state index contributed by atoms with van der Waals surface area (Å²) in [6, 6.07) is 4.39. The van der Waals surface area contributed by atoms with Crippen molar-refractivity contribution in [3.8, 4) is 0 Å². The number of rotatable bonds is 4. The van der Waals surface area contributed by atoms with Crippen LogP contribution in [0.25, 0.3) is 10.2 Å². The van der Waals surface area contributed by atoms with Gasteiger partial charge in [0, 0.05) is 12.6 Å². The van der Waals surface area contributed by atoms with Gasteiger partial charge in [-0.3, -0.25) is 0 Å². The minimum atomic E-state index is 0.347. The average molecular weight is 264 g/mol. The van der Waals surface area contributed by atoms with E-state index in [2.05, 4.69) is 36.2 Å². The van der Waals surface area contributed by atoms with Gasteiger partial charge in [0.2, 0.25) is 0 Å². The molecule has 1 heterocycles. The normalized spacial score (nSPS) is 13.2. The van der Waals surface area contributed by atoms with Gasteiger partial charge < -0.3 is 16.0 Å². The Hall–Kier alpha value is -1.33. The number of aromatic nitrogens is 1. The van der Waals surface area contributed by atoms with Crippen LogP contribution in [-0.2, 0) is 0 Å². The molecule has 0 saturated heterocycles. The first kappa shape index (κ1) is 13.1. The number of aryl methyl sites for hydroxylation is 1.